The molecule has 0 amide bonds. The first-order valence-corrected chi connectivity index (χ1v) is 6.02. The zero-order valence-corrected chi connectivity index (χ0v) is 9.65. The molecule has 0 atom stereocenters. The fourth-order valence-electron chi connectivity index (χ4n) is 1.88. The standard InChI is InChI=1S/C13H9NO2S/c15-13(16)11-2-1-6-14(11)10-3-4-12-9(8-10)5-7-17-12/h1-8H,(H,15,16). The molecule has 0 unspecified atom stereocenters. The van der Waals surface area contributed by atoms with Crippen LogP contribution in [0, 0.1) is 0 Å². The predicted molar refractivity (Wildman–Crippen MR) is 68.1 cm³/mol. The average Bonchev–Trinajstić information content (AvgIpc) is 2.96. The number of carboxylic acid groups (broad SMARTS) is 1. The lowest BCUT2D eigenvalue weighted by atomic mass is 10.2. The Morgan fingerprint density at radius 2 is 2.12 bits per heavy atom. The third-order valence-corrected chi connectivity index (χ3v) is 3.58. The first kappa shape index (κ1) is 10.1. The van der Waals surface area contributed by atoms with Crippen molar-refractivity contribution in [3.8, 4) is 5.69 Å². The molecule has 0 spiro atoms. The van der Waals surface area contributed by atoms with Crippen molar-refractivity contribution in [2.45, 2.75) is 0 Å². The van der Waals surface area contributed by atoms with Crippen molar-refractivity contribution < 1.29 is 9.90 Å². The van der Waals surface area contributed by atoms with Crippen molar-refractivity contribution in [2.75, 3.05) is 0 Å². The molecule has 0 radical (unpaired) electrons. The maximum absolute atomic E-state index is 11.1. The van der Waals surface area contributed by atoms with Crippen LogP contribution in [0.4, 0.5) is 0 Å². The van der Waals surface area contributed by atoms with Crippen molar-refractivity contribution in [3.05, 3.63) is 53.7 Å². The van der Waals surface area contributed by atoms with Crippen LogP contribution in [0.5, 0.6) is 0 Å². The normalized spacial score (nSPS) is 10.8. The number of rotatable bonds is 2. The molecular weight excluding hydrogens is 234 g/mol. The van der Waals surface area contributed by atoms with Gasteiger partial charge in [-0.15, -0.1) is 11.3 Å². The molecule has 3 aromatic rings. The van der Waals surface area contributed by atoms with Gasteiger partial charge < -0.3 is 9.67 Å². The molecule has 2 heterocycles. The van der Waals surface area contributed by atoms with Crippen LogP contribution in [0.15, 0.2) is 48.0 Å². The van der Waals surface area contributed by atoms with Crippen LogP contribution in [0.2, 0.25) is 0 Å². The molecule has 3 nitrogen and oxygen atoms in total. The fourth-order valence-corrected chi connectivity index (χ4v) is 2.66. The molecule has 0 aliphatic carbocycles. The monoisotopic (exact) mass is 243 g/mol. The number of carboxylic acids is 1. The smallest absolute Gasteiger partial charge is 0.352 e. The van der Waals surface area contributed by atoms with Crippen molar-refractivity contribution in [1.29, 1.82) is 0 Å². The molecule has 0 saturated carbocycles. The van der Waals surface area contributed by atoms with Gasteiger partial charge in [-0.1, -0.05) is 0 Å². The predicted octanol–water partition coefficient (Wildman–Crippen LogP) is 3.39. The van der Waals surface area contributed by atoms with Gasteiger partial charge in [0.25, 0.3) is 0 Å². The zero-order valence-electron chi connectivity index (χ0n) is 8.83. The summed E-state index contributed by atoms with van der Waals surface area (Å²) in [6.07, 6.45) is 1.76. The van der Waals surface area contributed by atoms with E-state index in [4.69, 9.17) is 5.11 Å². The summed E-state index contributed by atoms with van der Waals surface area (Å²) in [6, 6.07) is 11.3. The van der Waals surface area contributed by atoms with Crippen molar-refractivity contribution >= 4 is 27.4 Å². The zero-order chi connectivity index (χ0) is 11.8. The summed E-state index contributed by atoms with van der Waals surface area (Å²) < 4.78 is 2.89. The molecule has 1 N–H and O–H groups in total. The van der Waals surface area contributed by atoms with Gasteiger partial charge in [-0.25, -0.2) is 4.79 Å². The molecule has 2 aromatic heterocycles. The van der Waals surface area contributed by atoms with E-state index < -0.39 is 5.97 Å². The molecule has 1 aromatic carbocycles. The number of hydrogen-bond donors (Lipinski definition) is 1. The van der Waals surface area contributed by atoms with Crippen LogP contribution in [-0.4, -0.2) is 15.6 Å². The summed E-state index contributed by atoms with van der Waals surface area (Å²) in [5, 5.41) is 12.2. The van der Waals surface area contributed by atoms with E-state index in [1.54, 1.807) is 34.2 Å². The summed E-state index contributed by atoms with van der Waals surface area (Å²) in [4.78, 5) is 11.1. The van der Waals surface area contributed by atoms with Gasteiger partial charge in [0.05, 0.1) is 0 Å². The minimum Gasteiger partial charge on any atom is -0.477 e. The number of benzene rings is 1. The third-order valence-electron chi connectivity index (χ3n) is 2.68. The fraction of sp³-hybridized carbons (Fsp3) is 0. The molecular formula is C13H9NO2S. The highest BCUT2D eigenvalue weighted by Gasteiger charge is 2.10. The molecule has 0 aliphatic heterocycles. The Labute approximate surface area is 102 Å². The van der Waals surface area contributed by atoms with Gasteiger partial charge in [-0.2, -0.15) is 0 Å². The van der Waals surface area contributed by atoms with Gasteiger partial charge >= 0.3 is 5.97 Å². The first-order valence-electron chi connectivity index (χ1n) is 5.14. The largest absolute Gasteiger partial charge is 0.477 e. The number of fused-ring (bicyclic) bond motifs is 1. The van der Waals surface area contributed by atoms with Crippen molar-refractivity contribution in [3.63, 3.8) is 0 Å². The molecule has 84 valence electrons. The van der Waals surface area contributed by atoms with Crippen LogP contribution < -0.4 is 0 Å². The van der Waals surface area contributed by atoms with Gasteiger partial charge in [0.2, 0.25) is 0 Å². The Bertz CT molecular complexity index is 696. The van der Waals surface area contributed by atoms with Gasteiger partial charge in [-0.05, 0) is 47.2 Å². The van der Waals surface area contributed by atoms with E-state index in [9.17, 15) is 4.79 Å². The average molecular weight is 243 g/mol. The van der Waals surface area contributed by atoms with E-state index in [2.05, 4.69) is 0 Å². The Morgan fingerprint density at radius 3 is 2.94 bits per heavy atom. The minimum absolute atomic E-state index is 0.277. The first-order chi connectivity index (χ1) is 8.25. The minimum atomic E-state index is -0.916. The molecule has 0 bridgehead atoms. The highest BCUT2D eigenvalue weighted by atomic mass is 32.1. The lowest BCUT2D eigenvalue weighted by Crippen LogP contribution is -2.05. The Hall–Kier alpha value is -2.07. The Kier molecular flexibility index (Phi) is 2.23. The topological polar surface area (TPSA) is 42.2 Å². The van der Waals surface area contributed by atoms with Crippen molar-refractivity contribution in [1.82, 2.24) is 4.57 Å². The van der Waals surface area contributed by atoms with Gasteiger partial charge in [-0.3, -0.25) is 0 Å². The van der Waals surface area contributed by atoms with E-state index in [-0.39, 0.29) is 5.69 Å². The Balaban J connectivity index is 2.19. The summed E-state index contributed by atoms with van der Waals surface area (Å²) in [5.74, 6) is -0.916. The molecule has 0 fully saturated rings. The van der Waals surface area contributed by atoms with E-state index in [0.29, 0.717) is 0 Å². The number of aromatic nitrogens is 1. The third kappa shape index (κ3) is 1.62. The lowest BCUT2D eigenvalue weighted by Gasteiger charge is -2.06. The highest BCUT2D eigenvalue weighted by Crippen LogP contribution is 2.24. The van der Waals surface area contributed by atoms with Gasteiger partial charge in [0.1, 0.15) is 5.69 Å². The van der Waals surface area contributed by atoms with E-state index in [1.165, 1.54) is 4.70 Å². The molecule has 0 aliphatic rings. The summed E-state index contributed by atoms with van der Waals surface area (Å²) in [6.45, 7) is 0. The summed E-state index contributed by atoms with van der Waals surface area (Å²) in [5.41, 5.74) is 1.15. The van der Waals surface area contributed by atoms with Crippen LogP contribution >= 0.6 is 11.3 Å². The maximum atomic E-state index is 11.1. The van der Waals surface area contributed by atoms with E-state index in [1.807, 2.05) is 29.6 Å². The lowest BCUT2D eigenvalue weighted by molar-refractivity contribution is 0.0688. The second kappa shape index (κ2) is 3.75. The summed E-state index contributed by atoms with van der Waals surface area (Å²) in [7, 11) is 0. The molecule has 0 saturated heterocycles. The number of aromatic carboxylic acids is 1. The quantitative estimate of drug-likeness (QED) is 0.749. The molecule has 4 heteroatoms. The SMILES string of the molecule is O=C(O)c1cccn1-c1ccc2sccc2c1. The van der Waals surface area contributed by atoms with Crippen LogP contribution in [0.25, 0.3) is 15.8 Å². The van der Waals surface area contributed by atoms with Crippen molar-refractivity contribution in [2.24, 2.45) is 0 Å². The number of thiophene rings is 1. The maximum Gasteiger partial charge on any atom is 0.352 e. The van der Waals surface area contributed by atoms with Gasteiger partial charge in [0.15, 0.2) is 0 Å². The van der Waals surface area contributed by atoms with Crippen LogP contribution in [0.3, 0.4) is 0 Å². The number of hydrogen-bond acceptors (Lipinski definition) is 2. The number of carbonyl (C=O) groups is 1. The Morgan fingerprint density at radius 1 is 1.24 bits per heavy atom. The van der Waals surface area contributed by atoms with Crippen LogP contribution in [0.1, 0.15) is 10.5 Å². The summed E-state index contributed by atoms with van der Waals surface area (Å²) >= 11 is 1.68. The highest BCUT2D eigenvalue weighted by molar-refractivity contribution is 7.17. The van der Waals surface area contributed by atoms with E-state index >= 15 is 0 Å². The van der Waals surface area contributed by atoms with E-state index in [0.717, 1.165) is 11.1 Å². The molecule has 17 heavy (non-hydrogen) atoms. The number of nitrogens with zero attached hydrogens (tertiary/aromatic N) is 1. The van der Waals surface area contributed by atoms with Gasteiger partial charge in [0, 0.05) is 16.6 Å². The second-order valence-electron chi connectivity index (χ2n) is 3.71. The molecule has 3 rings (SSSR count). The second-order valence-corrected chi connectivity index (χ2v) is 4.66. The van der Waals surface area contributed by atoms with Crippen LogP contribution in [-0.2, 0) is 0 Å².